The fourth-order valence-electron chi connectivity index (χ4n) is 1.56. The zero-order valence-corrected chi connectivity index (χ0v) is 12.3. The van der Waals surface area contributed by atoms with Gasteiger partial charge in [-0.15, -0.1) is 11.3 Å². The molecule has 8 heteroatoms. The number of hydrogen-bond acceptors (Lipinski definition) is 5. The van der Waals surface area contributed by atoms with Gasteiger partial charge >= 0.3 is 5.97 Å². The van der Waals surface area contributed by atoms with Crippen molar-refractivity contribution in [1.29, 1.82) is 0 Å². The zero-order valence-electron chi connectivity index (χ0n) is 10.7. The van der Waals surface area contributed by atoms with Crippen LogP contribution in [0.2, 0.25) is 0 Å². The molecule has 1 unspecified atom stereocenters. The van der Waals surface area contributed by atoms with Gasteiger partial charge in [-0.1, -0.05) is 6.92 Å². The molecular formula is C11H17NO5S2. The van der Waals surface area contributed by atoms with Crippen LogP contribution in [-0.2, 0) is 10.0 Å². The van der Waals surface area contributed by atoms with E-state index in [-0.39, 0.29) is 28.8 Å². The van der Waals surface area contributed by atoms with Gasteiger partial charge in [-0.25, -0.2) is 17.9 Å². The molecule has 1 heterocycles. The molecule has 6 nitrogen and oxygen atoms in total. The zero-order chi connectivity index (χ0) is 14.6. The van der Waals surface area contributed by atoms with E-state index in [1.54, 1.807) is 13.8 Å². The van der Waals surface area contributed by atoms with Crippen molar-refractivity contribution < 1.29 is 23.4 Å². The fraction of sp³-hybridized carbons (Fsp3) is 0.545. The molecule has 1 aromatic rings. The Kier molecular flexibility index (Phi) is 5.48. The summed E-state index contributed by atoms with van der Waals surface area (Å²) >= 11 is 0.897. The van der Waals surface area contributed by atoms with E-state index in [4.69, 9.17) is 10.2 Å². The maximum Gasteiger partial charge on any atom is 0.347 e. The van der Waals surface area contributed by atoms with Crippen LogP contribution in [0.4, 0.5) is 0 Å². The van der Waals surface area contributed by atoms with Gasteiger partial charge in [0, 0.05) is 13.2 Å². The Balaban J connectivity index is 2.95. The number of nitrogens with one attached hydrogen (secondary N) is 1. The van der Waals surface area contributed by atoms with Gasteiger partial charge in [-0.2, -0.15) is 0 Å². The molecule has 0 spiro atoms. The molecule has 0 aliphatic heterocycles. The molecule has 0 amide bonds. The van der Waals surface area contributed by atoms with Crippen LogP contribution < -0.4 is 4.72 Å². The minimum absolute atomic E-state index is 0.0131. The lowest BCUT2D eigenvalue weighted by Crippen LogP contribution is -2.30. The van der Waals surface area contributed by atoms with E-state index in [9.17, 15) is 13.2 Å². The van der Waals surface area contributed by atoms with Crippen molar-refractivity contribution in [1.82, 2.24) is 4.72 Å². The van der Waals surface area contributed by atoms with Gasteiger partial charge < -0.3 is 10.2 Å². The molecule has 1 rings (SSSR count). The first-order valence-electron chi connectivity index (χ1n) is 5.71. The predicted molar refractivity (Wildman–Crippen MR) is 72.1 cm³/mol. The van der Waals surface area contributed by atoms with Crippen LogP contribution in [0, 0.1) is 12.8 Å². The van der Waals surface area contributed by atoms with E-state index >= 15 is 0 Å². The highest BCUT2D eigenvalue weighted by Gasteiger charge is 2.26. The van der Waals surface area contributed by atoms with Crippen LogP contribution in [0.5, 0.6) is 0 Å². The van der Waals surface area contributed by atoms with Gasteiger partial charge in [0.2, 0.25) is 10.0 Å². The number of aromatic carboxylic acids is 1. The summed E-state index contributed by atoms with van der Waals surface area (Å²) in [6, 6.07) is 0. The Morgan fingerprint density at radius 2 is 2.16 bits per heavy atom. The Hall–Kier alpha value is -0.960. The van der Waals surface area contributed by atoms with Crippen LogP contribution in [0.1, 0.15) is 28.6 Å². The van der Waals surface area contributed by atoms with E-state index in [1.807, 2.05) is 0 Å². The van der Waals surface area contributed by atoms with Gasteiger partial charge in [0.25, 0.3) is 0 Å². The average molecular weight is 307 g/mol. The standard InChI is InChI=1S/C11H17NO5S2/c1-7(3-4-13)5-12-19(16,17)10-8(2)6-18-9(10)11(14)15/h6-7,12-13H,3-5H2,1-2H3,(H,14,15). The molecule has 0 radical (unpaired) electrons. The number of carboxylic acids is 1. The highest BCUT2D eigenvalue weighted by Crippen LogP contribution is 2.26. The van der Waals surface area contributed by atoms with Crippen molar-refractivity contribution in [3.05, 3.63) is 15.8 Å². The molecule has 1 atom stereocenters. The number of carbonyl (C=O) groups is 1. The van der Waals surface area contributed by atoms with Crippen molar-refractivity contribution >= 4 is 27.3 Å². The topological polar surface area (TPSA) is 104 Å². The Morgan fingerprint density at radius 1 is 1.53 bits per heavy atom. The lowest BCUT2D eigenvalue weighted by molar-refractivity contribution is 0.0698. The maximum absolute atomic E-state index is 12.1. The second-order valence-electron chi connectivity index (χ2n) is 4.35. The number of hydrogen-bond donors (Lipinski definition) is 3. The number of aliphatic hydroxyl groups excluding tert-OH is 1. The second kappa shape index (κ2) is 6.47. The van der Waals surface area contributed by atoms with E-state index in [2.05, 4.69) is 4.72 Å². The molecule has 3 N–H and O–H groups in total. The Bertz CT molecular complexity index is 549. The van der Waals surface area contributed by atoms with Crippen molar-refractivity contribution in [3.8, 4) is 0 Å². The minimum atomic E-state index is -3.84. The monoisotopic (exact) mass is 307 g/mol. The SMILES string of the molecule is Cc1csc(C(=O)O)c1S(=O)(=O)NCC(C)CCO. The molecule has 108 valence electrons. The third-order valence-corrected chi connectivity index (χ3v) is 5.45. The van der Waals surface area contributed by atoms with Gasteiger partial charge in [0.1, 0.15) is 9.77 Å². The summed E-state index contributed by atoms with van der Waals surface area (Å²) in [4.78, 5) is 10.7. The summed E-state index contributed by atoms with van der Waals surface area (Å²) in [7, 11) is -3.84. The third kappa shape index (κ3) is 4.00. The first-order valence-corrected chi connectivity index (χ1v) is 8.07. The molecule has 0 fully saturated rings. The van der Waals surface area contributed by atoms with Crippen LogP contribution in [0.25, 0.3) is 0 Å². The highest BCUT2D eigenvalue weighted by molar-refractivity contribution is 7.89. The number of aliphatic hydroxyl groups is 1. The highest BCUT2D eigenvalue weighted by atomic mass is 32.2. The Labute approximate surface area is 116 Å². The minimum Gasteiger partial charge on any atom is -0.477 e. The first-order chi connectivity index (χ1) is 8.79. The number of carboxylic acid groups (broad SMARTS) is 1. The molecule has 0 aromatic carbocycles. The summed E-state index contributed by atoms with van der Waals surface area (Å²) in [6.45, 7) is 3.52. The van der Waals surface area contributed by atoms with Crippen LogP contribution in [0.15, 0.2) is 10.3 Å². The van der Waals surface area contributed by atoms with Crippen molar-refractivity contribution in [2.75, 3.05) is 13.2 Å². The lowest BCUT2D eigenvalue weighted by atomic mass is 10.1. The van der Waals surface area contributed by atoms with Gasteiger partial charge in [-0.3, -0.25) is 0 Å². The van der Waals surface area contributed by atoms with Gasteiger partial charge in [0.05, 0.1) is 0 Å². The van der Waals surface area contributed by atoms with Crippen molar-refractivity contribution in [3.63, 3.8) is 0 Å². The van der Waals surface area contributed by atoms with Gasteiger partial charge in [0.15, 0.2) is 0 Å². The largest absolute Gasteiger partial charge is 0.477 e. The van der Waals surface area contributed by atoms with E-state index in [1.165, 1.54) is 5.38 Å². The van der Waals surface area contributed by atoms with Crippen molar-refractivity contribution in [2.45, 2.75) is 25.2 Å². The molecule has 0 bridgehead atoms. The Morgan fingerprint density at radius 3 is 2.68 bits per heavy atom. The third-order valence-electron chi connectivity index (χ3n) is 2.62. The van der Waals surface area contributed by atoms with E-state index in [0.717, 1.165) is 11.3 Å². The van der Waals surface area contributed by atoms with Crippen LogP contribution in [0.3, 0.4) is 0 Å². The van der Waals surface area contributed by atoms with Gasteiger partial charge in [-0.05, 0) is 30.2 Å². The number of aryl methyl sites for hydroxylation is 1. The summed E-state index contributed by atoms with van der Waals surface area (Å²) in [5, 5.41) is 19.3. The summed E-state index contributed by atoms with van der Waals surface area (Å²) in [5.41, 5.74) is 0.421. The average Bonchev–Trinajstić information content (AvgIpc) is 2.70. The maximum atomic E-state index is 12.1. The number of sulfonamides is 1. The fourth-order valence-corrected chi connectivity index (χ4v) is 4.35. The summed E-state index contributed by atoms with van der Waals surface area (Å²) in [5.74, 6) is -1.27. The molecule has 19 heavy (non-hydrogen) atoms. The second-order valence-corrected chi connectivity index (χ2v) is 6.93. The smallest absolute Gasteiger partial charge is 0.347 e. The number of rotatable bonds is 7. The molecule has 0 aliphatic rings. The lowest BCUT2D eigenvalue weighted by Gasteiger charge is -2.12. The number of thiophene rings is 1. The molecule has 0 saturated heterocycles. The van der Waals surface area contributed by atoms with Crippen LogP contribution >= 0.6 is 11.3 Å². The quantitative estimate of drug-likeness (QED) is 0.698. The first kappa shape index (κ1) is 16.1. The molecule has 0 saturated carbocycles. The van der Waals surface area contributed by atoms with E-state index in [0.29, 0.717) is 12.0 Å². The van der Waals surface area contributed by atoms with E-state index < -0.39 is 16.0 Å². The summed E-state index contributed by atoms with van der Waals surface area (Å²) in [6.07, 6.45) is 0.483. The normalized spacial score (nSPS) is 13.4. The van der Waals surface area contributed by atoms with Crippen LogP contribution in [-0.4, -0.2) is 37.8 Å². The molecule has 1 aromatic heterocycles. The summed E-state index contributed by atoms with van der Waals surface area (Å²) < 4.78 is 26.6. The van der Waals surface area contributed by atoms with Crippen molar-refractivity contribution in [2.24, 2.45) is 5.92 Å². The predicted octanol–water partition coefficient (Wildman–Crippen LogP) is 1.05. The molecule has 0 aliphatic carbocycles. The molecular weight excluding hydrogens is 290 g/mol.